The second-order valence-electron chi connectivity index (χ2n) is 7.38. The molecule has 1 aromatic carbocycles. The van der Waals surface area contributed by atoms with Crippen LogP contribution >= 0.6 is 61.8 Å². The van der Waals surface area contributed by atoms with Crippen LogP contribution in [-0.4, -0.2) is 26.6 Å². The molecule has 0 saturated heterocycles. The molecule has 0 aliphatic rings. The van der Waals surface area contributed by atoms with Crippen molar-refractivity contribution >= 4 is 85.0 Å². The Labute approximate surface area is 237 Å². The number of hydrogen-bond donors (Lipinski definition) is 2. The second kappa shape index (κ2) is 11.0. The van der Waals surface area contributed by atoms with Gasteiger partial charge in [-0.25, -0.2) is 9.67 Å². The van der Waals surface area contributed by atoms with Gasteiger partial charge >= 0.3 is 0 Å². The van der Waals surface area contributed by atoms with Gasteiger partial charge in [-0.15, -0.1) is 16.4 Å². The Morgan fingerprint density at radius 2 is 1.81 bits per heavy atom. The fraction of sp³-hybridized carbons (Fsp3) is 0. The number of carbonyl (C=O) groups excluding carboxylic acids is 2. The van der Waals surface area contributed by atoms with Crippen LogP contribution in [0.3, 0.4) is 0 Å². The number of halogens is 3. The van der Waals surface area contributed by atoms with E-state index in [2.05, 4.69) is 36.6 Å². The maximum atomic E-state index is 13.6. The largest absolute Gasteiger partial charge is 0.437 e. The van der Waals surface area contributed by atoms with E-state index >= 15 is 0 Å². The molecule has 5 aromatic rings. The lowest BCUT2D eigenvalue weighted by Gasteiger charge is -2.14. The van der Waals surface area contributed by atoms with Gasteiger partial charge in [0.15, 0.2) is 5.82 Å². The fourth-order valence-corrected chi connectivity index (χ4v) is 5.54. The van der Waals surface area contributed by atoms with Crippen molar-refractivity contribution in [3.63, 3.8) is 0 Å². The van der Waals surface area contributed by atoms with Gasteiger partial charge in [0.1, 0.15) is 11.4 Å². The number of nitrogens with one attached hydrogen (secondary N) is 2. The molecule has 5 rings (SSSR count). The third-order valence-electron chi connectivity index (χ3n) is 4.89. The molecule has 0 spiro atoms. The number of thiophene rings is 2. The highest BCUT2D eigenvalue weighted by molar-refractivity contribution is 9.10. The van der Waals surface area contributed by atoms with Crippen molar-refractivity contribution < 1.29 is 14.3 Å². The van der Waals surface area contributed by atoms with Crippen LogP contribution in [0.1, 0.15) is 20.8 Å². The zero-order chi connectivity index (χ0) is 25.9. The van der Waals surface area contributed by atoms with Gasteiger partial charge in [-0.05, 0) is 63.1 Å². The van der Waals surface area contributed by atoms with Crippen LogP contribution in [0.4, 0.5) is 11.4 Å². The molecule has 0 bridgehead atoms. The number of anilines is 2. The van der Waals surface area contributed by atoms with E-state index in [4.69, 9.17) is 27.9 Å². The first-order valence-electron chi connectivity index (χ1n) is 10.4. The van der Waals surface area contributed by atoms with E-state index in [1.807, 2.05) is 10.8 Å². The highest BCUT2D eigenvalue weighted by Crippen LogP contribution is 2.33. The van der Waals surface area contributed by atoms with E-state index in [9.17, 15) is 9.59 Å². The summed E-state index contributed by atoms with van der Waals surface area (Å²) in [5.74, 6) is -0.0563. The summed E-state index contributed by atoms with van der Waals surface area (Å²) in [6.07, 6.45) is 1.53. The molecule has 0 saturated carbocycles. The Kier molecular flexibility index (Phi) is 7.58. The number of nitrogens with zero attached hydrogens (tertiary/aromatic N) is 3. The number of pyridine rings is 1. The summed E-state index contributed by atoms with van der Waals surface area (Å²) >= 11 is 18.9. The van der Waals surface area contributed by atoms with Gasteiger partial charge in [0, 0.05) is 32.5 Å². The number of ether oxygens (including phenoxy) is 1. The summed E-state index contributed by atoms with van der Waals surface area (Å²) in [7, 11) is 0. The highest BCUT2D eigenvalue weighted by atomic mass is 79.9. The Hall–Kier alpha value is -3.22. The zero-order valence-corrected chi connectivity index (χ0v) is 23.2. The van der Waals surface area contributed by atoms with Crippen LogP contribution in [0.2, 0.25) is 10.0 Å². The minimum Gasteiger partial charge on any atom is -0.437 e. The smallest absolute Gasteiger partial charge is 0.274 e. The Morgan fingerprint density at radius 3 is 2.54 bits per heavy atom. The first kappa shape index (κ1) is 25.4. The number of amides is 2. The lowest BCUT2D eigenvalue weighted by molar-refractivity contribution is 0.101. The monoisotopic (exact) mass is 633 g/mol. The first-order chi connectivity index (χ1) is 17.9. The molecule has 4 heterocycles. The number of carbonyl (C=O) groups is 2. The van der Waals surface area contributed by atoms with E-state index < -0.39 is 11.8 Å². The lowest BCUT2D eigenvalue weighted by Crippen LogP contribution is -2.21. The van der Waals surface area contributed by atoms with Crippen molar-refractivity contribution in [2.45, 2.75) is 0 Å². The molecule has 0 fully saturated rings. The number of aromatic nitrogens is 3. The molecule has 2 N–H and O–H groups in total. The molecule has 0 aliphatic carbocycles. The third kappa shape index (κ3) is 5.71. The number of rotatable bonds is 7. The third-order valence-corrected chi connectivity index (χ3v) is 7.38. The molecule has 2 amide bonds. The van der Waals surface area contributed by atoms with Crippen LogP contribution in [0.5, 0.6) is 11.6 Å². The summed E-state index contributed by atoms with van der Waals surface area (Å²) in [5, 5.41) is 17.9. The Morgan fingerprint density at radius 1 is 1.00 bits per heavy atom. The Balaban J connectivity index is 1.52. The minimum atomic E-state index is -0.581. The quantitative estimate of drug-likeness (QED) is 0.191. The van der Waals surface area contributed by atoms with Crippen LogP contribution in [0.25, 0.3) is 5.82 Å². The van der Waals surface area contributed by atoms with Crippen LogP contribution in [-0.2, 0) is 0 Å². The van der Waals surface area contributed by atoms with E-state index in [1.165, 1.54) is 45.7 Å². The van der Waals surface area contributed by atoms with E-state index in [-0.39, 0.29) is 33.7 Å². The van der Waals surface area contributed by atoms with Crippen LogP contribution in [0.15, 0.2) is 74.7 Å². The van der Waals surface area contributed by atoms with Gasteiger partial charge in [0.25, 0.3) is 11.8 Å². The van der Waals surface area contributed by atoms with Crippen molar-refractivity contribution in [3.8, 4) is 17.4 Å². The molecule has 13 heteroatoms. The molecular formula is C24H14BrCl2N5O3S2. The summed E-state index contributed by atoms with van der Waals surface area (Å²) < 4.78 is 7.50. The van der Waals surface area contributed by atoms with Crippen molar-refractivity contribution in [1.82, 2.24) is 14.8 Å². The van der Waals surface area contributed by atoms with Crippen molar-refractivity contribution in [2.24, 2.45) is 0 Å². The van der Waals surface area contributed by atoms with Crippen molar-refractivity contribution in [3.05, 3.63) is 96.0 Å². The van der Waals surface area contributed by atoms with Gasteiger partial charge in [0.2, 0.25) is 5.88 Å². The lowest BCUT2D eigenvalue weighted by atomic mass is 10.1. The standard InChI is InChI=1S/C24H14BrCl2N5O3S2/c25-17-9-13(26)8-16(23(33)29-14-3-6-36-11-14)21(17)30-24(34)19-10-20(35-15-4-7-37-12-15)31-32(19)22-18(27)2-1-5-28-22/h1-12H,(H,29,33)(H,30,34). The predicted octanol–water partition coefficient (Wildman–Crippen LogP) is 7.76. The van der Waals surface area contributed by atoms with Gasteiger partial charge in [0.05, 0.1) is 22.0 Å². The topological polar surface area (TPSA) is 98.1 Å². The summed E-state index contributed by atoms with van der Waals surface area (Å²) in [6.45, 7) is 0. The van der Waals surface area contributed by atoms with Gasteiger partial charge < -0.3 is 15.4 Å². The summed E-state index contributed by atoms with van der Waals surface area (Å²) in [5.41, 5.74) is 1.09. The molecule has 8 nitrogen and oxygen atoms in total. The van der Waals surface area contributed by atoms with Gasteiger partial charge in [-0.2, -0.15) is 11.3 Å². The van der Waals surface area contributed by atoms with Gasteiger partial charge in [-0.3, -0.25) is 9.59 Å². The summed E-state index contributed by atoms with van der Waals surface area (Å²) in [4.78, 5) is 30.9. The Bertz CT molecular complexity index is 1590. The summed E-state index contributed by atoms with van der Waals surface area (Å²) in [6, 6.07) is 11.4. The molecule has 0 atom stereocenters. The zero-order valence-electron chi connectivity index (χ0n) is 18.4. The molecule has 0 unspecified atom stereocenters. The van der Waals surface area contributed by atoms with Crippen LogP contribution in [0, 0.1) is 0 Å². The van der Waals surface area contributed by atoms with Crippen molar-refractivity contribution in [1.29, 1.82) is 0 Å². The van der Waals surface area contributed by atoms with Gasteiger partial charge in [-0.1, -0.05) is 23.2 Å². The number of hydrogen-bond acceptors (Lipinski definition) is 7. The average Bonchev–Trinajstić information content (AvgIpc) is 3.64. The predicted molar refractivity (Wildman–Crippen MR) is 150 cm³/mol. The average molecular weight is 635 g/mol. The maximum Gasteiger partial charge on any atom is 0.274 e. The highest BCUT2D eigenvalue weighted by Gasteiger charge is 2.24. The number of benzene rings is 1. The van der Waals surface area contributed by atoms with Crippen molar-refractivity contribution in [2.75, 3.05) is 10.6 Å². The normalized spacial score (nSPS) is 10.8. The molecule has 186 valence electrons. The maximum absolute atomic E-state index is 13.6. The van der Waals surface area contributed by atoms with E-state index in [1.54, 1.807) is 41.1 Å². The van der Waals surface area contributed by atoms with E-state index in [0.29, 0.717) is 20.9 Å². The molecule has 0 radical (unpaired) electrons. The molecular weight excluding hydrogens is 621 g/mol. The minimum absolute atomic E-state index is 0.0804. The van der Waals surface area contributed by atoms with E-state index in [0.717, 1.165) is 0 Å². The second-order valence-corrected chi connectivity index (χ2v) is 10.6. The molecule has 37 heavy (non-hydrogen) atoms. The molecule has 4 aromatic heterocycles. The fourth-order valence-electron chi connectivity index (χ4n) is 3.29. The SMILES string of the molecule is O=C(Nc1ccsc1)c1cc(Cl)cc(Br)c1NC(=O)c1cc(Oc2ccsc2)nn1-c1ncccc1Cl. The molecule has 0 aliphatic heterocycles. The van der Waals surface area contributed by atoms with Crippen LogP contribution < -0.4 is 15.4 Å². The first-order valence-corrected chi connectivity index (χ1v) is 13.9.